The monoisotopic (exact) mass is 399 g/mol. The molecule has 144 valence electrons. The number of aromatic nitrogens is 2. The summed E-state index contributed by atoms with van der Waals surface area (Å²) in [5.74, 6) is 0.0540. The van der Waals surface area contributed by atoms with Crippen molar-refractivity contribution in [3.05, 3.63) is 90.0 Å². The van der Waals surface area contributed by atoms with Gasteiger partial charge < -0.3 is 9.88 Å². The highest BCUT2D eigenvalue weighted by Crippen LogP contribution is 2.33. The maximum atomic E-state index is 12.9. The molecular formula is C24H21N3OS. The Morgan fingerprint density at radius 2 is 1.72 bits per heavy atom. The SMILES string of the molecule is O=C1Nc2ccccc2CCC1Sc1nc2ccccc2n1Cc1ccccc1. The van der Waals surface area contributed by atoms with Gasteiger partial charge in [-0.3, -0.25) is 4.79 Å². The topological polar surface area (TPSA) is 46.9 Å². The van der Waals surface area contributed by atoms with Gasteiger partial charge >= 0.3 is 0 Å². The van der Waals surface area contributed by atoms with Gasteiger partial charge in [-0.05, 0) is 42.2 Å². The third-order valence-electron chi connectivity index (χ3n) is 5.29. The fourth-order valence-corrected chi connectivity index (χ4v) is 4.89. The van der Waals surface area contributed by atoms with Gasteiger partial charge in [-0.1, -0.05) is 72.4 Å². The summed E-state index contributed by atoms with van der Waals surface area (Å²) in [6.07, 6.45) is 1.67. The van der Waals surface area contributed by atoms with Crippen molar-refractivity contribution < 1.29 is 4.79 Å². The second-order valence-electron chi connectivity index (χ2n) is 7.25. The van der Waals surface area contributed by atoms with Crippen molar-refractivity contribution in [3.8, 4) is 0 Å². The zero-order valence-corrected chi connectivity index (χ0v) is 16.7. The first-order valence-electron chi connectivity index (χ1n) is 9.82. The van der Waals surface area contributed by atoms with E-state index in [0.29, 0.717) is 0 Å². The number of imidazole rings is 1. The molecule has 3 aromatic carbocycles. The van der Waals surface area contributed by atoms with Gasteiger partial charge in [0.25, 0.3) is 0 Å². The summed E-state index contributed by atoms with van der Waals surface area (Å²) < 4.78 is 2.22. The molecule has 5 rings (SSSR count). The molecule has 1 aromatic heterocycles. The van der Waals surface area contributed by atoms with Crippen molar-refractivity contribution in [2.45, 2.75) is 29.8 Å². The van der Waals surface area contributed by atoms with E-state index in [4.69, 9.17) is 4.98 Å². The molecule has 0 saturated heterocycles. The molecule has 5 heteroatoms. The Hall–Kier alpha value is -3.05. The van der Waals surface area contributed by atoms with Crippen LogP contribution in [-0.2, 0) is 17.8 Å². The van der Waals surface area contributed by atoms with Gasteiger partial charge in [-0.15, -0.1) is 0 Å². The molecule has 1 atom stereocenters. The van der Waals surface area contributed by atoms with Crippen molar-refractivity contribution in [1.82, 2.24) is 9.55 Å². The molecule has 1 N–H and O–H groups in total. The molecule has 0 bridgehead atoms. The van der Waals surface area contributed by atoms with Crippen LogP contribution in [0.4, 0.5) is 5.69 Å². The molecular weight excluding hydrogens is 378 g/mol. The molecule has 0 spiro atoms. The number of thioether (sulfide) groups is 1. The predicted molar refractivity (Wildman–Crippen MR) is 118 cm³/mol. The van der Waals surface area contributed by atoms with E-state index in [-0.39, 0.29) is 11.2 Å². The summed E-state index contributed by atoms with van der Waals surface area (Å²) in [5, 5.41) is 3.82. The van der Waals surface area contributed by atoms with Gasteiger partial charge in [-0.25, -0.2) is 4.98 Å². The maximum absolute atomic E-state index is 12.9. The number of hydrogen-bond acceptors (Lipinski definition) is 3. The second kappa shape index (κ2) is 7.76. The molecule has 4 aromatic rings. The first-order valence-corrected chi connectivity index (χ1v) is 10.7. The molecule has 0 fully saturated rings. The summed E-state index contributed by atoms with van der Waals surface area (Å²) in [6, 6.07) is 26.6. The second-order valence-corrected chi connectivity index (χ2v) is 8.42. The number of nitrogens with zero attached hydrogens (tertiary/aromatic N) is 2. The standard InChI is InChI=1S/C24H21N3OS/c28-23-22(15-14-18-10-4-5-11-19(18)25-23)29-24-26-20-12-6-7-13-21(20)27(24)16-17-8-2-1-3-9-17/h1-13,22H,14-16H2,(H,25,28). The van der Waals surface area contributed by atoms with Crippen LogP contribution in [0.25, 0.3) is 11.0 Å². The number of hydrogen-bond donors (Lipinski definition) is 1. The molecule has 0 saturated carbocycles. The van der Waals surface area contributed by atoms with Crippen LogP contribution in [0.5, 0.6) is 0 Å². The number of carbonyl (C=O) groups excluding carboxylic acids is 1. The normalized spacial score (nSPS) is 16.3. The van der Waals surface area contributed by atoms with Crippen LogP contribution in [0.3, 0.4) is 0 Å². The summed E-state index contributed by atoms with van der Waals surface area (Å²) in [4.78, 5) is 17.8. The molecule has 1 aliphatic heterocycles. The molecule has 1 amide bonds. The van der Waals surface area contributed by atoms with Crippen LogP contribution in [-0.4, -0.2) is 20.7 Å². The van der Waals surface area contributed by atoms with E-state index in [0.717, 1.165) is 41.3 Å². The van der Waals surface area contributed by atoms with E-state index in [1.165, 1.54) is 11.1 Å². The number of rotatable bonds is 4. The van der Waals surface area contributed by atoms with Crippen LogP contribution < -0.4 is 5.32 Å². The highest BCUT2D eigenvalue weighted by Gasteiger charge is 2.26. The molecule has 29 heavy (non-hydrogen) atoms. The average Bonchev–Trinajstić information content (AvgIpc) is 3.00. The van der Waals surface area contributed by atoms with E-state index in [1.54, 1.807) is 11.8 Å². The predicted octanol–water partition coefficient (Wildman–Crippen LogP) is 5.13. The van der Waals surface area contributed by atoms with Crippen molar-refractivity contribution in [1.29, 1.82) is 0 Å². The maximum Gasteiger partial charge on any atom is 0.237 e. The number of amides is 1. The van der Waals surface area contributed by atoms with Crippen LogP contribution in [0.15, 0.2) is 84.0 Å². The number of benzene rings is 3. The van der Waals surface area contributed by atoms with Crippen molar-refractivity contribution in [2.75, 3.05) is 5.32 Å². The lowest BCUT2D eigenvalue weighted by molar-refractivity contribution is -0.115. The third-order valence-corrected chi connectivity index (χ3v) is 6.55. The van der Waals surface area contributed by atoms with Crippen LogP contribution >= 0.6 is 11.8 Å². The molecule has 1 aliphatic rings. The summed E-state index contributed by atoms with van der Waals surface area (Å²) in [6.45, 7) is 0.734. The van der Waals surface area contributed by atoms with E-state index in [2.05, 4.69) is 46.3 Å². The van der Waals surface area contributed by atoms with Crippen molar-refractivity contribution in [2.24, 2.45) is 0 Å². The zero-order valence-electron chi connectivity index (χ0n) is 15.9. The van der Waals surface area contributed by atoms with Gasteiger partial charge in [0.15, 0.2) is 5.16 Å². The largest absolute Gasteiger partial charge is 0.325 e. The smallest absolute Gasteiger partial charge is 0.237 e. The first kappa shape index (κ1) is 18.0. The Bertz CT molecular complexity index is 1170. The molecule has 1 unspecified atom stereocenters. The number of fused-ring (bicyclic) bond motifs is 2. The highest BCUT2D eigenvalue weighted by molar-refractivity contribution is 8.00. The number of anilines is 1. The molecule has 4 nitrogen and oxygen atoms in total. The number of nitrogens with one attached hydrogen (secondary N) is 1. The van der Waals surface area contributed by atoms with Gasteiger partial charge in [0.05, 0.1) is 22.8 Å². The first-order chi connectivity index (χ1) is 14.3. The lowest BCUT2D eigenvalue weighted by Gasteiger charge is -2.14. The van der Waals surface area contributed by atoms with Crippen molar-refractivity contribution >= 4 is 34.4 Å². The third kappa shape index (κ3) is 3.66. The fraction of sp³-hybridized carbons (Fsp3) is 0.167. The van der Waals surface area contributed by atoms with E-state index >= 15 is 0 Å². The van der Waals surface area contributed by atoms with Crippen LogP contribution in [0.2, 0.25) is 0 Å². The summed E-state index contributed by atoms with van der Waals surface area (Å²) in [7, 11) is 0. The Morgan fingerprint density at radius 1 is 0.966 bits per heavy atom. The highest BCUT2D eigenvalue weighted by atomic mass is 32.2. The molecule has 0 aliphatic carbocycles. The number of carbonyl (C=O) groups is 1. The van der Waals surface area contributed by atoms with E-state index in [1.807, 2.05) is 42.5 Å². The minimum Gasteiger partial charge on any atom is -0.325 e. The number of aryl methyl sites for hydroxylation is 1. The van der Waals surface area contributed by atoms with E-state index in [9.17, 15) is 4.79 Å². The van der Waals surface area contributed by atoms with Crippen LogP contribution in [0, 0.1) is 0 Å². The Morgan fingerprint density at radius 3 is 2.62 bits per heavy atom. The minimum absolute atomic E-state index is 0.0540. The van der Waals surface area contributed by atoms with E-state index < -0.39 is 0 Å². The summed E-state index contributed by atoms with van der Waals surface area (Å²) in [5.41, 5.74) is 5.40. The van der Waals surface area contributed by atoms with Crippen LogP contribution in [0.1, 0.15) is 17.5 Å². The summed E-state index contributed by atoms with van der Waals surface area (Å²) >= 11 is 1.57. The Balaban J connectivity index is 1.47. The Kier molecular flexibility index (Phi) is 4.82. The quantitative estimate of drug-likeness (QED) is 0.517. The van der Waals surface area contributed by atoms with Crippen molar-refractivity contribution in [3.63, 3.8) is 0 Å². The lowest BCUT2D eigenvalue weighted by atomic mass is 10.1. The molecule has 2 heterocycles. The van der Waals surface area contributed by atoms with Gasteiger partial charge in [0.1, 0.15) is 0 Å². The number of para-hydroxylation sites is 3. The van der Waals surface area contributed by atoms with Gasteiger partial charge in [0.2, 0.25) is 5.91 Å². The zero-order chi connectivity index (χ0) is 19.6. The minimum atomic E-state index is -0.172. The molecule has 0 radical (unpaired) electrons. The lowest BCUT2D eigenvalue weighted by Crippen LogP contribution is -2.24. The van der Waals surface area contributed by atoms with Gasteiger partial charge in [-0.2, -0.15) is 0 Å². The average molecular weight is 400 g/mol. The fourth-order valence-electron chi connectivity index (χ4n) is 3.79. The Labute approximate surface area is 174 Å². The van der Waals surface area contributed by atoms with Gasteiger partial charge in [0, 0.05) is 5.69 Å².